The van der Waals surface area contributed by atoms with E-state index in [0.717, 1.165) is 37.0 Å². The molecule has 3 aromatic rings. The fourth-order valence-corrected chi connectivity index (χ4v) is 3.21. The predicted molar refractivity (Wildman–Crippen MR) is 96.9 cm³/mol. The number of carbonyl (C=O) groups excluding carboxylic acids is 1. The molecule has 138 valence electrons. The lowest BCUT2D eigenvalue weighted by Crippen LogP contribution is -2.28. The second-order valence-electron chi connectivity index (χ2n) is 6.39. The molecular formula is C16H21ClN8O. The smallest absolute Gasteiger partial charge is 0.273 e. The number of carbonyl (C=O) groups is 1. The van der Waals surface area contributed by atoms with Gasteiger partial charge in [-0.15, -0.1) is 17.5 Å². The molecule has 0 aromatic carbocycles. The largest absolute Gasteiger partial charge is 0.345 e. The van der Waals surface area contributed by atoms with Crippen molar-refractivity contribution in [1.29, 1.82) is 0 Å². The summed E-state index contributed by atoms with van der Waals surface area (Å²) >= 11 is 0. The first kappa shape index (κ1) is 18.3. The van der Waals surface area contributed by atoms with Gasteiger partial charge in [-0.25, -0.2) is 9.67 Å². The number of nitrogens with one attached hydrogen (secondary N) is 1. The third kappa shape index (κ3) is 3.68. The van der Waals surface area contributed by atoms with E-state index >= 15 is 0 Å². The van der Waals surface area contributed by atoms with E-state index in [0.29, 0.717) is 12.2 Å². The second-order valence-corrected chi connectivity index (χ2v) is 6.39. The third-order valence-electron chi connectivity index (χ3n) is 4.68. The van der Waals surface area contributed by atoms with Gasteiger partial charge < -0.3 is 11.1 Å². The molecule has 9 nitrogen and oxygen atoms in total. The summed E-state index contributed by atoms with van der Waals surface area (Å²) in [6.07, 6.45) is 12.5. The lowest BCUT2D eigenvalue weighted by molar-refractivity contribution is 0.0945. The number of nitrogens with zero attached hydrogens (tertiary/aromatic N) is 6. The quantitative estimate of drug-likeness (QED) is 0.704. The number of nitrogens with two attached hydrogens (primary N) is 1. The Balaban J connectivity index is 0.00000196. The number of rotatable bonds is 4. The van der Waals surface area contributed by atoms with Crippen LogP contribution in [0.2, 0.25) is 0 Å². The van der Waals surface area contributed by atoms with Crippen LogP contribution in [0.4, 0.5) is 0 Å². The molecule has 0 spiro atoms. The molecule has 1 fully saturated rings. The zero-order chi connectivity index (χ0) is 17.2. The van der Waals surface area contributed by atoms with Gasteiger partial charge >= 0.3 is 0 Å². The van der Waals surface area contributed by atoms with Crippen molar-refractivity contribution in [1.82, 2.24) is 34.7 Å². The van der Waals surface area contributed by atoms with Crippen LogP contribution in [-0.2, 0) is 6.54 Å². The molecule has 3 N–H and O–H groups in total. The lowest BCUT2D eigenvalue weighted by Gasteiger charge is -2.25. The maximum absolute atomic E-state index is 12.3. The van der Waals surface area contributed by atoms with Crippen molar-refractivity contribution in [2.75, 3.05) is 0 Å². The lowest BCUT2D eigenvalue weighted by atomic mass is 9.92. The number of aromatic nitrogens is 6. The first-order valence-corrected chi connectivity index (χ1v) is 8.42. The molecule has 0 aliphatic heterocycles. The highest BCUT2D eigenvalue weighted by molar-refractivity contribution is 5.91. The molecule has 0 unspecified atom stereocenters. The van der Waals surface area contributed by atoms with Gasteiger partial charge in [-0.3, -0.25) is 14.2 Å². The van der Waals surface area contributed by atoms with Gasteiger partial charge in [0.2, 0.25) is 0 Å². The van der Waals surface area contributed by atoms with Crippen molar-refractivity contribution >= 4 is 24.0 Å². The zero-order valence-electron chi connectivity index (χ0n) is 14.2. The summed E-state index contributed by atoms with van der Waals surface area (Å²) < 4.78 is 3.68. The first-order chi connectivity index (χ1) is 12.2. The minimum Gasteiger partial charge on any atom is -0.345 e. The average molecular weight is 377 g/mol. The summed E-state index contributed by atoms with van der Waals surface area (Å²) in [4.78, 5) is 20.6. The summed E-state index contributed by atoms with van der Waals surface area (Å²) in [5, 5.41) is 11.0. The molecule has 0 bridgehead atoms. The van der Waals surface area contributed by atoms with Crippen LogP contribution in [0.5, 0.6) is 0 Å². The molecule has 4 rings (SSSR count). The highest BCUT2D eigenvalue weighted by Crippen LogP contribution is 2.26. The van der Waals surface area contributed by atoms with E-state index in [-0.39, 0.29) is 30.4 Å². The Morgan fingerprint density at radius 1 is 1.27 bits per heavy atom. The summed E-state index contributed by atoms with van der Waals surface area (Å²) in [5.41, 5.74) is 7.88. The molecule has 3 aromatic heterocycles. The summed E-state index contributed by atoms with van der Waals surface area (Å²) in [7, 11) is 0. The Kier molecular flexibility index (Phi) is 5.48. The summed E-state index contributed by atoms with van der Waals surface area (Å²) in [6, 6.07) is 0.559. The normalized spacial score (nSPS) is 19.9. The van der Waals surface area contributed by atoms with Crippen LogP contribution >= 0.6 is 12.4 Å². The van der Waals surface area contributed by atoms with Crippen LogP contribution in [-0.4, -0.2) is 41.3 Å². The van der Waals surface area contributed by atoms with E-state index in [4.69, 9.17) is 5.73 Å². The minimum absolute atomic E-state index is 0. The third-order valence-corrected chi connectivity index (χ3v) is 4.68. The highest BCUT2D eigenvalue weighted by atomic mass is 35.5. The molecule has 10 heteroatoms. The van der Waals surface area contributed by atoms with Gasteiger partial charge in [0, 0.05) is 18.4 Å². The minimum atomic E-state index is -0.247. The van der Waals surface area contributed by atoms with E-state index in [2.05, 4.69) is 25.6 Å². The molecule has 1 amide bonds. The van der Waals surface area contributed by atoms with E-state index in [1.165, 1.54) is 0 Å². The number of fused-ring (bicyclic) bond motifs is 1. The second kappa shape index (κ2) is 7.79. The van der Waals surface area contributed by atoms with Gasteiger partial charge in [0.15, 0.2) is 11.3 Å². The van der Waals surface area contributed by atoms with Gasteiger partial charge in [0.25, 0.3) is 5.91 Å². The Bertz CT molecular complexity index is 883. The standard InChI is InChI=1S/C16H20N8O.ClH/c17-11-1-3-12(4-2-11)24-10-14(21-22-24)16(25)20-8-13-7-19-15-9-18-5-6-23(13)15;/h5-7,9-12H,1-4,8,17H2,(H,20,25);1H. The van der Waals surface area contributed by atoms with Gasteiger partial charge in [-0.05, 0) is 25.7 Å². The van der Waals surface area contributed by atoms with Crippen LogP contribution in [0, 0.1) is 0 Å². The van der Waals surface area contributed by atoms with Crippen molar-refractivity contribution in [2.45, 2.75) is 44.3 Å². The van der Waals surface area contributed by atoms with Gasteiger partial charge in [-0.1, -0.05) is 5.21 Å². The van der Waals surface area contributed by atoms with Crippen LogP contribution < -0.4 is 11.1 Å². The van der Waals surface area contributed by atoms with Crippen LogP contribution in [0.25, 0.3) is 5.65 Å². The van der Waals surface area contributed by atoms with Gasteiger partial charge in [0.1, 0.15) is 0 Å². The number of hydrogen-bond donors (Lipinski definition) is 2. The van der Waals surface area contributed by atoms with Crippen molar-refractivity contribution < 1.29 is 4.79 Å². The molecule has 0 atom stereocenters. The van der Waals surface area contributed by atoms with Gasteiger partial charge in [0.05, 0.1) is 36.9 Å². The first-order valence-electron chi connectivity index (χ1n) is 8.42. The number of hydrogen-bond acceptors (Lipinski definition) is 6. The van der Waals surface area contributed by atoms with Crippen LogP contribution in [0.15, 0.2) is 31.0 Å². The van der Waals surface area contributed by atoms with E-state index in [1.54, 1.807) is 29.5 Å². The van der Waals surface area contributed by atoms with Crippen LogP contribution in [0.1, 0.15) is 47.9 Å². The maximum atomic E-state index is 12.3. The molecule has 26 heavy (non-hydrogen) atoms. The molecule has 0 radical (unpaired) electrons. The fraction of sp³-hybridized carbons (Fsp3) is 0.438. The molecule has 0 saturated heterocycles. The average Bonchev–Trinajstić information content (AvgIpc) is 3.28. The highest BCUT2D eigenvalue weighted by Gasteiger charge is 2.22. The van der Waals surface area contributed by atoms with Crippen molar-refractivity contribution in [3.63, 3.8) is 0 Å². The fourth-order valence-electron chi connectivity index (χ4n) is 3.21. The van der Waals surface area contributed by atoms with E-state index < -0.39 is 0 Å². The predicted octanol–water partition coefficient (Wildman–Crippen LogP) is 1.11. The van der Waals surface area contributed by atoms with Crippen LogP contribution in [0.3, 0.4) is 0 Å². The topological polar surface area (TPSA) is 116 Å². The number of imidazole rings is 1. The number of amides is 1. The van der Waals surface area contributed by atoms with Crippen molar-refractivity contribution in [3.05, 3.63) is 42.4 Å². The molecule has 1 saturated carbocycles. The number of halogens is 1. The maximum Gasteiger partial charge on any atom is 0.273 e. The molecule has 3 heterocycles. The molecule has 1 aliphatic rings. The van der Waals surface area contributed by atoms with E-state index in [9.17, 15) is 4.79 Å². The summed E-state index contributed by atoms with van der Waals surface area (Å²) in [6.45, 7) is 0.356. The van der Waals surface area contributed by atoms with E-state index in [1.807, 2.05) is 10.6 Å². The molecule has 1 aliphatic carbocycles. The monoisotopic (exact) mass is 376 g/mol. The Morgan fingerprint density at radius 2 is 2.08 bits per heavy atom. The zero-order valence-corrected chi connectivity index (χ0v) is 15.0. The Morgan fingerprint density at radius 3 is 2.88 bits per heavy atom. The van der Waals surface area contributed by atoms with Crippen molar-refractivity contribution in [3.8, 4) is 0 Å². The Hall–Kier alpha value is -2.52. The molecular weight excluding hydrogens is 356 g/mol. The van der Waals surface area contributed by atoms with Gasteiger partial charge in [-0.2, -0.15) is 0 Å². The van der Waals surface area contributed by atoms with Crippen molar-refractivity contribution in [2.24, 2.45) is 5.73 Å². The SMILES string of the molecule is Cl.NC1CCC(n2cc(C(=O)NCc3cnc4cnccn34)nn2)CC1. The Labute approximate surface area is 156 Å². The summed E-state index contributed by atoms with van der Waals surface area (Å²) in [5.74, 6) is -0.247.